The third-order valence-electron chi connectivity index (χ3n) is 1.93. The number of alkyl halides is 2. The molecule has 7 heteroatoms. The predicted molar refractivity (Wildman–Crippen MR) is 49.6 cm³/mol. The molecule has 1 aromatic heterocycles. The van der Waals surface area contributed by atoms with Crippen LogP contribution < -0.4 is 0 Å². The number of esters is 1. The van der Waals surface area contributed by atoms with Crippen molar-refractivity contribution < 1.29 is 22.7 Å². The number of nitriles is 1. The van der Waals surface area contributed by atoms with E-state index in [9.17, 15) is 18.0 Å². The lowest BCUT2D eigenvalue weighted by Gasteiger charge is -2.06. The van der Waals surface area contributed by atoms with Crippen LogP contribution in [0.2, 0.25) is 0 Å². The van der Waals surface area contributed by atoms with Crippen molar-refractivity contribution in [2.45, 2.75) is 12.8 Å². The summed E-state index contributed by atoms with van der Waals surface area (Å²) in [5.74, 6) is -1.91. The first-order valence-electron chi connectivity index (χ1n) is 4.44. The number of hydrogen-bond acceptors (Lipinski definition) is 4. The summed E-state index contributed by atoms with van der Waals surface area (Å²) in [5, 5.41) is 8.56. The smallest absolute Gasteiger partial charge is 0.311 e. The van der Waals surface area contributed by atoms with Crippen molar-refractivity contribution in [2.75, 3.05) is 7.11 Å². The number of hydrogen-bond donors (Lipinski definition) is 0. The summed E-state index contributed by atoms with van der Waals surface area (Å²) in [7, 11) is 1.07. The standard InChI is InChI=1S/C10H7F3N2O2/c1-17-8(16)3-6-9(11)5(4-14)2-7(15-6)10(12)13/h2,10H,3H2,1H3. The van der Waals surface area contributed by atoms with E-state index in [0.717, 1.165) is 7.11 Å². The molecule has 0 unspecified atom stereocenters. The Bertz CT molecular complexity index is 483. The summed E-state index contributed by atoms with van der Waals surface area (Å²) in [6, 6.07) is 2.08. The van der Waals surface area contributed by atoms with Crippen LogP contribution in [0.3, 0.4) is 0 Å². The van der Waals surface area contributed by atoms with Gasteiger partial charge in [-0.2, -0.15) is 5.26 Å². The van der Waals surface area contributed by atoms with Gasteiger partial charge in [0, 0.05) is 0 Å². The molecule has 17 heavy (non-hydrogen) atoms. The van der Waals surface area contributed by atoms with Gasteiger partial charge in [-0.05, 0) is 6.07 Å². The van der Waals surface area contributed by atoms with Gasteiger partial charge in [-0.15, -0.1) is 0 Å². The van der Waals surface area contributed by atoms with Crippen LogP contribution in [-0.4, -0.2) is 18.1 Å². The molecule has 4 nitrogen and oxygen atoms in total. The third-order valence-corrected chi connectivity index (χ3v) is 1.93. The van der Waals surface area contributed by atoms with Crippen LogP contribution in [0.15, 0.2) is 6.07 Å². The number of carbonyl (C=O) groups excluding carboxylic acids is 1. The Labute approximate surface area is 94.6 Å². The van der Waals surface area contributed by atoms with Gasteiger partial charge in [0.2, 0.25) is 0 Å². The molecule has 1 rings (SSSR count). The molecule has 0 aromatic carbocycles. The maximum absolute atomic E-state index is 13.5. The fourth-order valence-electron chi connectivity index (χ4n) is 1.12. The van der Waals surface area contributed by atoms with Crippen molar-refractivity contribution in [1.29, 1.82) is 5.26 Å². The number of pyridine rings is 1. The average molecular weight is 244 g/mol. The van der Waals surface area contributed by atoms with E-state index < -0.39 is 41.6 Å². The van der Waals surface area contributed by atoms with E-state index in [0.29, 0.717) is 6.07 Å². The van der Waals surface area contributed by atoms with Gasteiger partial charge in [-0.25, -0.2) is 18.2 Å². The molecule has 0 bridgehead atoms. The molecule has 0 aliphatic carbocycles. The number of nitrogens with zero attached hydrogens (tertiary/aromatic N) is 2. The van der Waals surface area contributed by atoms with Gasteiger partial charge in [0.25, 0.3) is 6.43 Å². The Morgan fingerprint density at radius 1 is 1.65 bits per heavy atom. The van der Waals surface area contributed by atoms with Crippen LogP contribution in [0.25, 0.3) is 0 Å². The zero-order chi connectivity index (χ0) is 13.0. The van der Waals surface area contributed by atoms with Crippen molar-refractivity contribution in [1.82, 2.24) is 4.98 Å². The molecule has 0 saturated heterocycles. The second-order valence-electron chi connectivity index (χ2n) is 3.02. The lowest BCUT2D eigenvalue weighted by molar-refractivity contribution is -0.139. The quantitative estimate of drug-likeness (QED) is 0.760. The van der Waals surface area contributed by atoms with Gasteiger partial charge < -0.3 is 4.74 Å². The molecule has 0 fully saturated rings. The van der Waals surface area contributed by atoms with Crippen LogP contribution in [0, 0.1) is 17.1 Å². The lowest BCUT2D eigenvalue weighted by atomic mass is 10.1. The fraction of sp³-hybridized carbons (Fsp3) is 0.300. The molecule has 0 amide bonds. The normalized spacial score (nSPS) is 10.1. The van der Waals surface area contributed by atoms with Gasteiger partial charge in [0.1, 0.15) is 11.8 Å². The minimum absolute atomic E-state index is 0.522. The molecule has 0 saturated carbocycles. The zero-order valence-electron chi connectivity index (χ0n) is 8.71. The molecule has 1 aromatic rings. The Morgan fingerprint density at radius 3 is 2.76 bits per heavy atom. The highest BCUT2D eigenvalue weighted by Gasteiger charge is 2.19. The van der Waals surface area contributed by atoms with Crippen LogP contribution in [0.4, 0.5) is 13.2 Å². The number of methoxy groups -OCH3 is 1. The summed E-state index contributed by atoms with van der Waals surface area (Å²) < 4.78 is 42.6. The average Bonchev–Trinajstić information content (AvgIpc) is 2.31. The van der Waals surface area contributed by atoms with Gasteiger partial charge in [-0.3, -0.25) is 4.79 Å². The molecule has 0 aliphatic heterocycles. The van der Waals surface area contributed by atoms with Crippen molar-refractivity contribution in [3.05, 3.63) is 28.8 Å². The van der Waals surface area contributed by atoms with Crippen molar-refractivity contribution in [3.63, 3.8) is 0 Å². The van der Waals surface area contributed by atoms with E-state index >= 15 is 0 Å². The van der Waals surface area contributed by atoms with Crippen molar-refractivity contribution >= 4 is 5.97 Å². The Hall–Kier alpha value is -2.10. The maximum Gasteiger partial charge on any atom is 0.311 e. The summed E-state index contributed by atoms with van der Waals surface area (Å²) in [5.41, 5.74) is -1.85. The predicted octanol–water partition coefficient (Wildman–Crippen LogP) is 1.75. The third kappa shape index (κ3) is 2.93. The van der Waals surface area contributed by atoms with E-state index in [1.807, 2.05) is 0 Å². The van der Waals surface area contributed by atoms with E-state index in [4.69, 9.17) is 5.26 Å². The topological polar surface area (TPSA) is 63.0 Å². The largest absolute Gasteiger partial charge is 0.469 e. The Balaban J connectivity index is 3.24. The Kier molecular flexibility index (Phi) is 4.04. The number of halogens is 3. The van der Waals surface area contributed by atoms with Crippen LogP contribution in [-0.2, 0) is 16.0 Å². The van der Waals surface area contributed by atoms with E-state index in [2.05, 4.69) is 9.72 Å². The molecule has 0 atom stereocenters. The summed E-state index contributed by atoms with van der Waals surface area (Å²) in [6.07, 6.45) is -3.54. The van der Waals surface area contributed by atoms with Crippen molar-refractivity contribution in [3.8, 4) is 6.07 Å². The SMILES string of the molecule is COC(=O)Cc1nc(C(F)F)cc(C#N)c1F. The summed E-state index contributed by atoms with van der Waals surface area (Å²) in [6.45, 7) is 0. The molecule has 0 aliphatic rings. The molecule has 0 spiro atoms. The van der Waals surface area contributed by atoms with Crippen LogP contribution in [0.1, 0.15) is 23.4 Å². The first-order valence-corrected chi connectivity index (χ1v) is 4.44. The first kappa shape index (κ1) is 13.0. The van der Waals surface area contributed by atoms with Gasteiger partial charge in [0.15, 0.2) is 5.82 Å². The van der Waals surface area contributed by atoms with Gasteiger partial charge in [-0.1, -0.05) is 0 Å². The number of carbonyl (C=O) groups is 1. The van der Waals surface area contributed by atoms with Crippen molar-refractivity contribution in [2.24, 2.45) is 0 Å². The molecule has 0 radical (unpaired) electrons. The minimum Gasteiger partial charge on any atom is -0.469 e. The molecular weight excluding hydrogens is 237 g/mol. The fourth-order valence-corrected chi connectivity index (χ4v) is 1.12. The van der Waals surface area contributed by atoms with Gasteiger partial charge >= 0.3 is 5.97 Å². The molecular formula is C10H7F3N2O2. The molecule has 1 heterocycles. The van der Waals surface area contributed by atoms with Crippen LogP contribution in [0.5, 0.6) is 0 Å². The number of aromatic nitrogens is 1. The van der Waals surface area contributed by atoms with E-state index in [1.54, 1.807) is 0 Å². The molecule has 0 N–H and O–H groups in total. The van der Waals surface area contributed by atoms with Gasteiger partial charge in [0.05, 0.1) is 24.8 Å². The highest BCUT2D eigenvalue weighted by molar-refractivity contribution is 5.72. The minimum atomic E-state index is -2.95. The second-order valence-corrected chi connectivity index (χ2v) is 3.02. The van der Waals surface area contributed by atoms with E-state index in [-0.39, 0.29) is 0 Å². The van der Waals surface area contributed by atoms with E-state index in [1.165, 1.54) is 6.07 Å². The maximum atomic E-state index is 13.5. The lowest BCUT2D eigenvalue weighted by Crippen LogP contribution is -2.11. The monoisotopic (exact) mass is 244 g/mol. The molecule has 90 valence electrons. The highest BCUT2D eigenvalue weighted by atomic mass is 19.3. The van der Waals surface area contributed by atoms with Crippen LogP contribution >= 0.6 is 0 Å². The zero-order valence-corrected chi connectivity index (χ0v) is 8.71. The second kappa shape index (κ2) is 5.30. The first-order chi connectivity index (χ1) is 7.99. The number of rotatable bonds is 3. The number of ether oxygens (including phenoxy) is 1. The highest BCUT2D eigenvalue weighted by Crippen LogP contribution is 2.21. The summed E-state index contributed by atoms with van der Waals surface area (Å²) >= 11 is 0. The summed E-state index contributed by atoms with van der Waals surface area (Å²) in [4.78, 5) is 14.2. The Morgan fingerprint density at radius 2 is 2.29 bits per heavy atom.